The molecular weight excluding hydrogens is 258 g/mol. The Bertz CT molecular complexity index is 436. The van der Waals surface area contributed by atoms with Crippen molar-refractivity contribution < 1.29 is 8.95 Å². The molecule has 0 fully saturated rings. The molecule has 3 unspecified atom stereocenters. The van der Waals surface area contributed by atoms with Crippen LogP contribution in [0, 0.1) is 0 Å². The lowest BCUT2D eigenvalue weighted by molar-refractivity contribution is 0.217. The van der Waals surface area contributed by atoms with E-state index in [-0.39, 0.29) is 11.3 Å². The third kappa shape index (κ3) is 3.44. The lowest BCUT2D eigenvalue weighted by Gasteiger charge is -2.33. The van der Waals surface area contributed by atoms with Gasteiger partial charge in [-0.2, -0.15) is 0 Å². The minimum atomic E-state index is -0.833. The van der Waals surface area contributed by atoms with Crippen molar-refractivity contribution in [3.8, 4) is 0 Å². The van der Waals surface area contributed by atoms with Gasteiger partial charge in [0.05, 0.1) is 11.9 Å². The molecule has 19 heavy (non-hydrogen) atoms. The van der Waals surface area contributed by atoms with Crippen LogP contribution in [0.1, 0.15) is 30.5 Å². The lowest BCUT2D eigenvalue weighted by atomic mass is 9.87. The van der Waals surface area contributed by atoms with Crippen LogP contribution in [-0.2, 0) is 22.0 Å². The fraction of sp³-hybridized carbons (Fsp3) is 0.600. The van der Waals surface area contributed by atoms with Crippen LogP contribution in [0.4, 0.5) is 0 Å². The highest BCUT2D eigenvalue weighted by molar-refractivity contribution is 7.85. The Labute approximate surface area is 118 Å². The van der Waals surface area contributed by atoms with Gasteiger partial charge < -0.3 is 10.1 Å². The van der Waals surface area contributed by atoms with Crippen molar-refractivity contribution in [2.75, 3.05) is 26.0 Å². The van der Waals surface area contributed by atoms with Gasteiger partial charge in [-0.1, -0.05) is 31.2 Å². The number of ether oxygens (including phenoxy) is 1. The molecule has 1 aromatic rings. The van der Waals surface area contributed by atoms with E-state index in [0.717, 1.165) is 19.4 Å². The van der Waals surface area contributed by atoms with Gasteiger partial charge >= 0.3 is 0 Å². The summed E-state index contributed by atoms with van der Waals surface area (Å²) in [6, 6.07) is 8.73. The summed E-state index contributed by atoms with van der Waals surface area (Å²) >= 11 is 0. The van der Waals surface area contributed by atoms with Gasteiger partial charge in [0.15, 0.2) is 0 Å². The van der Waals surface area contributed by atoms with Gasteiger partial charge in [0.1, 0.15) is 0 Å². The normalized spacial score (nSPS) is 23.9. The molecule has 0 saturated heterocycles. The molecule has 1 aliphatic rings. The maximum absolute atomic E-state index is 12.4. The second-order valence-electron chi connectivity index (χ2n) is 4.89. The third-order valence-corrected chi connectivity index (χ3v) is 5.46. The van der Waals surface area contributed by atoms with Crippen LogP contribution in [0.5, 0.6) is 0 Å². The van der Waals surface area contributed by atoms with Crippen LogP contribution in [0.3, 0.4) is 0 Å². The molecule has 1 aliphatic carbocycles. The Hall–Kier alpha value is -0.710. The molecule has 0 aliphatic heterocycles. The monoisotopic (exact) mass is 281 g/mol. The molecule has 0 heterocycles. The van der Waals surface area contributed by atoms with Crippen LogP contribution in [0.25, 0.3) is 0 Å². The summed E-state index contributed by atoms with van der Waals surface area (Å²) < 4.78 is 17.5. The predicted octanol–water partition coefficient (Wildman–Crippen LogP) is 2.05. The molecule has 3 nitrogen and oxygen atoms in total. The van der Waals surface area contributed by atoms with Crippen molar-refractivity contribution in [1.82, 2.24) is 5.32 Å². The molecule has 0 spiro atoms. The predicted molar refractivity (Wildman–Crippen MR) is 79.9 cm³/mol. The Balaban J connectivity index is 2.19. The Morgan fingerprint density at radius 2 is 2.21 bits per heavy atom. The zero-order valence-corrected chi connectivity index (χ0v) is 12.5. The van der Waals surface area contributed by atoms with E-state index < -0.39 is 10.8 Å². The average molecular weight is 281 g/mol. The molecule has 1 N–H and O–H groups in total. The van der Waals surface area contributed by atoms with Crippen LogP contribution in [-0.4, -0.2) is 35.5 Å². The van der Waals surface area contributed by atoms with Crippen molar-refractivity contribution in [3.63, 3.8) is 0 Å². The molecule has 0 aromatic heterocycles. The minimum absolute atomic E-state index is 0.199. The quantitative estimate of drug-likeness (QED) is 0.867. The van der Waals surface area contributed by atoms with Gasteiger partial charge in [0.2, 0.25) is 0 Å². The van der Waals surface area contributed by atoms with Gasteiger partial charge in [-0.25, -0.2) is 0 Å². The summed E-state index contributed by atoms with van der Waals surface area (Å²) in [5.41, 5.74) is 2.72. The first-order valence-electron chi connectivity index (χ1n) is 6.95. The first kappa shape index (κ1) is 14.7. The maximum atomic E-state index is 12.4. The molecule has 2 rings (SSSR count). The Morgan fingerprint density at radius 1 is 1.42 bits per heavy atom. The molecule has 0 amide bonds. The first-order chi connectivity index (χ1) is 9.27. The summed E-state index contributed by atoms with van der Waals surface area (Å²) in [7, 11) is 0.829. The first-order valence-corrected chi connectivity index (χ1v) is 8.33. The SMILES string of the molecule is CCNC1c2ccccc2CCC1S(=O)CCOC. The summed E-state index contributed by atoms with van der Waals surface area (Å²) in [5.74, 6) is 0.630. The Kier molecular flexibility index (Phi) is 5.55. The molecule has 3 atom stereocenters. The second kappa shape index (κ2) is 7.17. The average Bonchev–Trinajstić information content (AvgIpc) is 2.45. The molecule has 106 valence electrons. The largest absolute Gasteiger partial charge is 0.384 e. The van der Waals surface area contributed by atoms with E-state index in [4.69, 9.17) is 4.74 Å². The lowest BCUT2D eigenvalue weighted by Crippen LogP contribution is -2.39. The zero-order chi connectivity index (χ0) is 13.7. The maximum Gasteiger partial charge on any atom is 0.0577 e. The number of aryl methyl sites for hydroxylation is 1. The standard InChI is InChI=1S/C15H23NO2S/c1-3-16-15-13-7-5-4-6-12(13)8-9-14(15)19(17)11-10-18-2/h4-7,14-16H,3,8-11H2,1-2H3. The fourth-order valence-electron chi connectivity index (χ4n) is 2.79. The molecule has 0 radical (unpaired) electrons. The van der Waals surface area contributed by atoms with E-state index in [2.05, 4.69) is 36.5 Å². The van der Waals surface area contributed by atoms with Gasteiger partial charge in [-0.3, -0.25) is 4.21 Å². The summed E-state index contributed by atoms with van der Waals surface area (Å²) in [6.45, 7) is 3.58. The summed E-state index contributed by atoms with van der Waals surface area (Å²) in [6.07, 6.45) is 2.02. The molecule has 0 bridgehead atoms. The summed E-state index contributed by atoms with van der Waals surface area (Å²) in [4.78, 5) is 0. The molecule has 4 heteroatoms. The van der Waals surface area contributed by atoms with Gasteiger partial charge in [-0.05, 0) is 30.5 Å². The van der Waals surface area contributed by atoms with Crippen LogP contribution >= 0.6 is 0 Å². The van der Waals surface area contributed by atoms with E-state index in [1.807, 2.05) is 0 Å². The number of methoxy groups -OCH3 is 1. The van der Waals surface area contributed by atoms with Gasteiger partial charge in [-0.15, -0.1) is 0 Å². The van der Waals surface area contributed by atoms with Crippen molar-refractivity contribution in [3.05, 3.63) is 35.4 Å². The topological polar surface area (TPSA) is 38.3 Å². The smallest absolute Gasteiger partial charge is 0.0577 e. The van der Waals surface area contributed by atoms with E-state index in [9.17, 15) is 4.21 Å². The fourth-order valence-corrected chi connectivity index (χ4v) is 4.35. The van der Waals surface area contributed by atoms with Crippen LogP contribution in [0.2, 0.25) is 0 Å². The van der Waals surface area contributed by atoms with Crippen LogP contribution < -0.4 is 5.32 Å². The number of hydrogen-bond acceptors (Lipinski definition) is 3. The summed E-state index contributed by atoms with van der Waals surface area (Å²) in [5, 5.41) is 3.71. The number of nitrogens with one attached hydrogen (secondary N) is 1. The van der Waals surface area contributed by atoms with Gasteiger partial charge in [0, 0.05) is 29.7 Å². The highest BCUT2D eigenvalue weighted by atomic mass is 32.2. The second-order valence-corrected chi connectivity index (χ2v) is 6.66. The highest BCUT2D eigenvalue weighted by Crippen LogP contribution is 2.32. The van der Waals surface area contributed by atoms with Crippen molar-refractivity contribution in [2.24, 2.45) is 0 Å². The minimum Gasteiger partial charge on any atom is -0.384 e. The molecule has 1 aromatic carbocycles. The zero-order valence-electron chi connectivity index (χ0n) is 11.7. The number of benzene rings is 1. The number of hydrogen-bond donors (Lipinski definition) is 1. The Morgan fingerprint density at radius 3 is 2.95 bits per heavy atom. The van der Waals surface area contributed by atoms with Gasteiger partial charge in [0.25, 0.3) is 0 Å². The molecular formula is C15H23NO2S. The number of rotatable bonds is 6. The number of fused-ring (bicyclic) bond motifs is 1. The van der Waals surface area contributed by atoms with Crippen molar-refractivity contribution in [1.29, 1.82) is 0 Å². The van der Waals surface area contributed by atoms with Crippen molar-refractivity contribution >= 4 is 10.8 Å². The highest BCUT2D eigenvalue weighted by Gasteiger charge is 2.32. The van der Waals surface area contributed by atoms with E-state index >= 15 is 0 Å². The van der Waals surface area contributed by atoms with E-state index in [1.165, 1.54) is 11.1 Å². The van der Waals surface area contributed by atoms with Crippen LogP contribution in [0.15, 0.2) is 24.3 Å². The van der Waals surface area contributed by atoms with Crippen molar-refractivity contribution in [2.45, 2.75) is 31.1 Å². The molecule has 0 saturated carbocycles. The van der Waals surface area contributed by atoms with E-state index in [1.54, 1.807) is 7.11 Å². The van der Waals surface area contributed by atoms with E-state index in [0.29, 0.717) is 12.4 Å². The third-order valence-electron chi connectivity index (χ3n) is 3.71.